The molecule has 0 radical (unpaired) electrons. The van der Waals surface area contributed by atoms with Gasteiger partial charge in [0.1, 0.15) is 11.4 Å². The second-order valence-corrected chi connectivity index (χ2v) is 7.14. The summed E-state index contributed by atoms with van der Waals surface area (Å²) in [5, 5.41) is 4.37. The Bertz CT molecular complexity index is 552. The molecule has 4 N–H and O–H groups in total. The van der Waals surface area contributed by atoms with Crippen LogP contribution in [0.1, 0.15) is 34.8 Å². The van der Waals surface area contributed by atoms with Gasteiger partial charge in [-0.3, -0.25) is 13.7 Å². The highest BCUT2D eigenvalue weighted by Crippen LogP contribution is 2.47. The zero-order valence-corrected chi connectivity index (χ0v) is 11.7. The average molecular weight is 282 g/mol. The number of rotatable bonds is 2. The van der Waals surface area contributed by atoms with E-state index in [1.54, 1.807) is 7.05 Å². The van der Waals surface area contributed by atoms with Gasteiger partial charge in [-0.2, -0.15) is 5.10 Å². The van der Waals surface area contributed by atoms with Crippen molar-refractivity contribution >= 4 is 22.5 Å². The number of aromatic nitrogens is 2. The van der Waals surface area contributed by atoms with Crippen LogP contribution >= 0.6 is 0 Å². The lowest BCUT2D eigenvalue weighted by molar-refractivity contribution is 0.0999. The van der Waals surface area contributed by atoms with E-state index in [-0.39, 0.29) is 5.92 Å². The smallest absolute Gasteiger partial charge is 0.254 e. The van der Waals surface area contributed by atoms with Gasteiger partial charge < -0.3 is 11.5 Å². The van der Waals surface area contributed by atoms with E-state index < -0.39 is 16.7 Å². The minimum Gasteiger partial charge on any atom is -0.383 e. The lowest BCUT2D eigenvalue weighted by Crippen LogP contribution is -2.16. The number of hydrogen-bond acceptors (Lipinski definition) is 4. The fourth-order valence-electron chi connectivity index (χ4n) is 3.49. The first-order valence-electron chi connectivity index (χ1n) is 6.44. The third kappa shape index (κ3) is 1.96. The predicted octanol–water partition coefficient (Wildman–Crippen LogP) is -0.0267. The summed E-state index contributed by atoms with van der Waals surface area (Å²) >= 11 is 0. The topological polar surface area (TPSA) is 104 Å². The third-order valence-corrected chi connectivity index (χ3v) is 5.99. The molecular formula is C12H18N4O2S. The predicted molar refractivity (Wildman–Crippen MR) is 73.0 cm³/mol. The molecule has 0 aromatic carbocycles. The molecule has 1 aliphatic heterocycles. The van der Waals surface area contributed by atoms with Crippen molar-refractivity contribution in [2.75, 3.05) is 17.2 Å². The van der Waals surface area contributed by atoms with Crippen molar-refractivity contribution in [2.24, 2.45) is 24.6 Å². The minimum atomic E-state index is -0.658. The molecule has 2 unspecified atom stereocenters. The fraction of sp³-hybridized carbons (Fsp3) is 0.667. The molecule has 1 amide bonds. The van der Waals surface area contributed by atoms with Crippen molar-refractivity contribution in [3.05, 3.63) is 11.3 Å². The number of carbonyl (C=O) groups excluding carboxylic acids is 1. The third-order valence-electron chi connectivity index (χ3n) is 4.39. The molecule has 2 aliphatic rings. The Balaban J connectivity index is 1.91. The lowest BCUT2D eigenvalue weighted by Gasteiger charge is -2.09. The molecule has 0 spiro atoms. The van der Waals surface area contributed by atoms with Crippen molar-refractivity contribution in [1.82, 2.24) is 9.78 Å². The number of nitrogens with zero attached hydrogens (tertiary/aromatic N) is 2. The highest BCUT2D eigenvalue weighted by Gasteiger charge is 2.43. The zero-order chi connectivity index (χ0) is 13.7. The zero-order valence-electron chi connectivity index (χ0n) is 10.8. The summed E-state index contributed by atoms with van der Waals surface area (Å²) in [6.07, 6.45) is 1.88. The number of fused-ring (bicyclic) bond motifs is 1. The molecule has 2 atom stereocenters. The molecule has 1 saturated heterocycles. The van der Waals surface area contributed by atoms with Gasteiger partial charge in [-0.25, -0.2) is 0 Å². The van der Waals surface area contributed by atoms with Gasteiger partial charge in [-0.15, -0.1) is 0 Å². The van der Waals surface area contributed by atoms with Gasteiger partial charge in [0.15, 0.2) is 0 Å². The van der Waals surface area contributed by atoms with Crippen LogP contribution in [0.3, 0.4) is 0 Å². The molecule has 2 heterocycles. The van der Waals surface area contributed by atoms with Gasteiger partial charge in [-0.05, 0) is 24.7 Å². The number of carbonyl (C=O) groups is 1. The summed E-state index contributed by atoms with van der Waals surface area (Å²) in [6.45, 7) is 0. The van der Waals surface area contributed by atoms with Gasteiger partial charge in [0, 0.05) is 35.3 Å². The Morgan fingerprint density at radius 2 is 1.95 bits per heavy atom. The van der Waals surface area contributed by atoms with Crippen molar-refractivity contribution in [3.8, 4) is 0 Å². The number of nitrogen functional groups attached to an aromatic ring is 1. The highest BCUT2D eigenvalue weighted by molar-refractivity contribution is 7.85. The molecule has 1 aliphatic carbocycles. The first kappa shape index (κ1) is 12.7. The highest BCUT2D eigenvalue weighted by atomic mass is 32.2. The van der Waals surface area contributed by atoms with Gasteiger partial charge >= 0.3 is 0 Å². The average Bonchev–Trinajstić information content (AvgIpc) is 2.91. The molecule has 1 saturated carbocycles. The van der Waals surface area contributed by atoms with Crippen LogP contribution in [0.5, 0.6) is 0 Å². The molecule has 2 fully saturated rings. The fourth-order valence-corrected chi connectivity index (χ4v) is 5.39. The van der Waals surface area contributed by atoms with Gasteiger partial charge in [-0.1, -0.05) is 0 Å². The van der Waals surface area contributed by atoms with Gasteiger partial charge in [0.25, 0.3) is 5.91 Å². The number of amides is 1. The number of anilines is 1. The van der Waals surface area contributed by atoms with Crippen LogP contribution in [0.15, 0.2) is 0 Å². The largest absolute Gasteiger partial charge is 0.383 e. The lowest BCUT2D eigenvalue weighted by atomic mass is 9.98. The van der Waals surface area contributed by atoms with Crippen LogP contribution in [0.25, 0.3) is 0 Å². The summed E-state index contributed by atoms with van der Waals surface area (Å²) in [5.74, 6) is 2.61. The van der Waals surface area contributed by atoms with E-state index >= 15 is 0 Å². The summed E-state index contributed by atoms with van der Waals surface area (Å²) < 4.78 is 13.0. The Morgan fingerprint density at radius 1 is 1.37 bits per heavy atom. The Kier molecular flexibility index (Phi) is 2.88. The van der Waals surface area contributed by atoms with E-state index in [1.807, 2.05) is 0 Å². The Hall–Kier alpha value is -1.37. The number of aryl methyl sites for hydroxylation is 1. The maximum absolute atomic E-state index is 11.6. The maximum Gasteiger partial charge on any atom is 0.254 e. The van der Waals surface area contributed by atoms with E-state index in [2.05, 4.69) is 5.10 Å². The quantitative estimate of drug-likeness (QED) is 0.795. The van der Waals surface area contributed by atoms with Gasteiger partial charge in [0.05, 0.1) is 5.69 Å². The maximum atomic E-state index is 11.6. The first-order valence-corrected chi connectivity index (χ1v) is 7.93. The van der Waals surface area contributed by atoms with E-state index in [0.717, 1.165) is 30.0 Å². The SMILES string of the molecule is Cn1nc(C2CC3CS(=O)CC3C2)c(C(N)=O)c1N. The Labute approximate surface area is 114 Å². The minimum absolute atomic E-state index is 0.221. The van der Waals surface area contributed by atoms with E-state index in [1.165, 1.54) is 4.68 Å². The van der Waals surface area contributed by atoms with Crippen LogP contribution in [0, 0.1) is 11.8 Å². The molecule has 1 aromatic rings. The van der Waals surface area contributed by atoms with Crippen molar-refractivity contribution in [2.45, 2.75) is 18.8 Å². The number of hydrogen-bond donors (Lipinski definition) is 2. The molecular weight excluding hydrogens is 264 g/mol. The molecule has 6 nitrogen and oxygen atoms in total. The second kappa shape index (κ2) is 4.33. The summed E-state index contributed by atoms with van der Waals surface area (Å²) in [4.78, 5) is 11.6. The monoisotopic (exact) mass is 282 g/mol. The van der Waals surface area contributed by atoms with Crippen molar-refractivity contribution in [3.63, 3.8) is 0 Å². The van der Waals surface area contributed by atoms with E-state index in [4.69, 9.17) is 11.5 Å². The molecule has 104 valence electrons. The van der Waals surface area contributed by atoms with Crippen molar-refractivity contribution < 1.29 is 9.00 Å². The molecule has 0 bridgehead atoms. The van der Waals surface area contributed by atoms with Gasteiger partial charge in [0.2, 0.25) is 0 Å². The van der Waals surface area contributed by atoms with E-state index in [9.17, 15) is 9.00 Å². The molecule has 3 rings (SSSR count). The summed E-state index contributed by atoms with van der Waals surface area (Å²) in [6, 6.07) is 0. The standard InChI is InChI=1S/C12H18N4O2S/c1-16-11(13)9(12(14)17)10(15-16)6-2-7-4-19(18)5-8(7)3-6/h6-8H,2-5,13H2,1H3,(H2,14,17). The summed E-state index contributed by atoms with van der Waals surface area (Å²) in [7, 11) is 1.06. The molecule has 1 aromatic heterocycles. The second-order valence-electron chi connectivity index (χ2n) is 5.59. The number of primary amides is 1. The van der Waals surface area contributed by atoms with Crippen LogP contribution in [-0.4, -0.2) is 31.4 Å². The van der Waals surface area contributed by atoms with Crippen LogP contribution in [0.4, 0.5) is 5.82 Å². The van der Waals surface area contributed by atoms with Crippen molar-refractivity contribution in [1.29, 1.82) is 0 Å². The van der Waals surface area contributed by atoms with Crippen LogP contribution in [-0.2, 0) is 17.8 Å². The van der Waals surface area contributed by atoms with Crippen LogP contribution < -0.4 is 11.5 Å². The molecule has 7 heteroatoms. The summed E-state index contributed by atoms with van der Waals surface area (Å²) in [5.41, 5.74) is 12.4. The van der Waals surface area contributed by atoms with Crippen LogP contribution in [0.2, 0.25) is 0 Å². The molecule has 19 heavy (non-hydrogen) atoms. The first-order chi connectivity index (χ1) is 8.97. The normalized spacial score (nSPS) is 33.5. The van der Waals surface area contributed by atoms with E-state index in [0.29, 0.717) is 23.2 Å². The number of nitrogens with two attached hydrogens (primary N) is 2. The Morgan fingerprint density at radius 3 is 2.47 bits per heavy atom.